The van der Waals surface area contributed by atoms with Crippen LogP contribution in [0.1, 0.15) is 26.3 Å². The second-order valence-corrected chi connectivity index (χ2v) is 9.47. The highest BCUT2D eigenvalue weighted by Gasteiger charge is 2.44. The summed E-state index contributed by atoms with van der Waals surface area (Å²) in [6.45, 7) is 3.50. The van der Waals surface area contributed by atoms with Crippen LogP contribution >= 0.6 is 0 Å². The molecular formula is C28H34F5N5O5. The van der Waals surface area contributed by atoms with Crippen LogP contribution in [0.2, 0.25) is 0 Å². The summed E-state index contributed by atoms with van der Waals surface area (Å²) >= 11 is 0. The largest absolute Gasteiger partial charge is 0.487 e. The molecule has 3 aromatic rings. The van der Waals surface area contributed by atoms with E-state index in [0.717, 1.165) is 0 Å². The van der Waals surface area contributed by atoms with Crippen molar-refractivity contribution in [2.75, 3.05) is 31.7 Å². The van der Waals surface area contributed by atoms with Crippen LogP contribution in [0, 0.1) is 5.82 Å². The van der Waals surface area contributed by atoms with Crippen LogP contribution in [-0.4, -0.2) is 81.8 Å². The molecule has 0 unspecified atom stereocenters. The maximum atomic E-state index is 15.1. The number of benzene rings is 2. The molecule has 0 saturated heterocycles. The number of hydrogen-bond acceptors (Lipinski definition) is 7. The molecule has 0 saturated carbocycles. The monoisotopic (exact) mass is 615 g/mol. The highest BCUT2D eigenvalue weighted by atomic mass is 19.3. The Kier molecular flexibility index (Phi) is 11.8. The molecular weight excluding hydrogens is 581 g/mol. The van der Waals surface area contributed by atoms with Crippen LogP contribution in [0.3, 0.4) is 0 Å². The first kappa shape index (κ1) is 33.7. The number of nitrogens with zero attached hydrogens (tertiary/aromatic N) is 4. The van der Waals surface area contributed by atoms with E-state index in [2.05, 4.69) is 15.4 Å². The van der Waals surface area contributed by atoms with Crippen LogP contribution in [0.25, 0.3) is 0 Å². The van der Waals surface area contributed by atoms with Crippen molar-refractivity contribution in [2.45, 2.75) is 57.6 Å². The van der Waals surface area contributed by atoms with Crippen molar-refractivity contribution in [2.24, 2.45) is 0 Å². The van der Waals surface area contributed by atoms with Crippen LogP contribution in [0.5, 0.6) is 5.75 Å². The van der Waals surface area contributed by atoms with E-state index in [9.17, 15) is 27.5 Å². The molecule has 1 heterocycles. The van der Waals surface area contributed by atoms with E-state index in [0.29, 0.717) is 0 Å². The Morgan fingerprint density at radius 1 is 1.09 bits per heavy atom. The molecule has 0 fully saturated rings. The summed E-state index contributed by atoms with van der Waals surface area (Å²) in [6, 6.07) is 8.79. The number of ether oxygens (including phenoxy) is 3. The molecule has 2 N–H and O–H groups in total. The van der Waals surface area contributed by atoms with E-state index in [1.165, 1.54) is 71.6 Å². The molecule has 2 atom stereocenters. The quantitative estimate of drug-likeness (QED) is 0.174. The molecule has 0 radical (unpaired) electrons. The van der Waals surface area contributed by atoms with Gasteiger partial charge in [0, 0.05) is 24.5 Å². The maximum absolute atomic E-state index is 15.1. The average Bonchev–Trinajstić information content (AvgIpc) is 3.48. The van der Waals surface area contributed by atoms with Gasteiger partial charge in [-0.3, -0.25) is 0 Å². The van der Waals surface area contributed by atoms with E-state index in [1.807, 2.05) is 0 Å². The van der Waals surface area contributed by atoms with Crippen LogP contribution in [0.15, 0.2) is 61.2 Å². The number of amides is 2. The van der Waals surface area contributed by atoms with E-state index in [4.69, 9.17) is 14.2 Å². The number of alkyl halides is 4. The Balaban J connectivity index is 1.92. The van der Waals surface area contributed by atoms with Gasteiger partial charge in [0.05, 0.1) is 19.1 Å². The van der Waals surface area contributed by atoms with Crippen molar-refractivity contribution in [1.82, 2.24) is 19.7 Å². The third-order valence-corrected chi connectivity index (χ3v) is 6.54. The second-order valence-electron chi connectivity index (χ2n) is 9.47. The van der Waals surface area contributed by atoms with Gasteiger partial charge in [-0.15, -0.1) is 0 Å². The fourth-order valence-electron chi connectivity index (χ4n) is 4.25. The second kappa shape index (κ2) is 15.1. The fourth-order valence-corrected chi connectivity index (χ4v) is 4.25. The van der Waals surface area contributed by atoms with Gasteiger partial charge >= 0.3 is 18.4 Å². The van der Waals surface area contributed by atoms with Gasteiger partial charge < -0.3 is 29.5 Å². The zero-order valence-electron chi connectivity index (χ0n) is 23.8. The Bertz CT molecular complexity index is 1280. The summed E-state index contributed by atoms with van der Waals surface area (Å²) in [5.41, 5.74) is -1.94. The summed E-state index contributed by atoms with van der Waals surface area (Å²) in [5, 5.41) is 18.8. The molecule has 0 spiro atoms. The van der Waals surface area contributed by atoms with Crippen molar-refractivity contribution in [1.29, 1.82) is 0 Å². The normalized spacial score (nSPS) is 14.0. The van der Waals surface area contributed by atoms with Gasteiger partial charge in [-0.05, 0) is 51.1 Å². The Morgan fingerprint density at radius 3 is 2.30 bits per heavy atom. The van der Waals surface area contributed by atoms with Gasteiger partial charge in [0.25, 0.3) is 0 Å². The third kappa shape index (κ3) is 8.84. The molecule has 0 aliphatic rings. The van der Waals surface area contributed by atoms with Crippen LogP contribution < -0.4 is 10.1 Å². The van der Waals surface area contributed by atoms with E-state index >= 15 is 4.39 Å². The number of carbonyl (C=O) groups excluding carboxylic acids is 1. The zero-order chi connectivity index (χ0) is 31.6. The molecule has 10 nitrogen and oxygen atoms in total. The van der Waals surface area contributed by atoms with Gasteiger partial charge in [0.2, 0.25) is 0 Å². The van der Waals surface area contributed by atoms with E-state index < -0.39 is 48.7 Å². The molecule has 0 bridgehead atoms. The molecule has 3 rings (SSSR count). The lowest BCUT2D eigenvalue weighted by atomic mass is 9.85. The van der Waals surface area contributed by atoms with Crippen molar-refractivity contribution in [3.8, 4) is 5.75 Å². The number of rotatable bonds is 16. The first-order valence-corrected chi connectivity index (χ1v) is 13.4. The van der Waals surface area contributed by atoms with E-state index in [1.54, 1.807) is 19.9 Å². The fraction of sp³-hybridized carbons (Fsp3) is 0.464. The molecule has 236 valence electrons. The lowest BCUT2D eigenvalue weighted by molar-refractivity contribution is -0.153. The van der Waals surface area contributed by atoms with E-state index in [-0.39, 0.29) is 43.3 Å². The van der Waals surface area contributed by atoms with Crippen molar-refractivity contribution in [3.63, 3.8) is 0 Å². The number of nitrogens with one attached hydrogen (secondary N) is 1. The number of anilines is 1. The van der Waals surface area contributed by atoms with Gasteiger partial charge in [-0.25, -0.2) is 27.6 Å². The smallest absolute Gasteiger partial charge is 0.340 e. The summed E-state index contributed by atoms with van der Waals surface area (Å²) in [5.74, 6) is -5.17. The maximum Gasteiger partial charge on any atom is 0.340 e. The van der Waals surface area contributed by atoms with Crippen molar-refractivity contribution >= 4 is 11.7 Å². The van der Waals surface area contributed by atoms with Gasteiger partial charge in [-0.1, -0.05) is 18.2 Å². The first-order valence-electron chi connectivity index (χ1n) is 13.4. The minimum Gasteiger partial charge on any atom is -0.487 e. The lowest BCUT2D eigenvalue weighted by Gasteiger charge is -2.42. The Morgan fingerprint density at radius 2 is 1.74 bits per heavy atom. The average molecular weight is 616 g/mol. The zero-order valence-corrected chi connectivity index (χ0v) is 23.8. The first-order chi connectivity index (χ1) is 20.4. The highest BCUT2D eigenvalue weighted by molar-refractivity contribution is 5.89. The topological polar surface area (TPSA) is 111 Å². The van der Waals surface area contributed by atoms with Crippen LogP contribution in [0.4, 0.5) is 32.4 Å². The van der Waals surface area contributed by atoms with Crippen LogP contribution in [-0.2, 0) is 21.6 Å². The lowest BCUT2D eigenvalue weighted by Crippen LogP contribution is -2.57. The molecule has 43 heavy (non-hydrogen) atoms. The summed E-state index contributed by atoms with van der Waals surface area (Å²) < 4.78 is 83.8. The Labute approximate surface area is 245 Å². The Hall–Kier alpha value is -3.82. The molecule has 0 aliphatic carbocycles. The van der Waals surface area contributed by atoms with Crippen molar-refractivity contribution in [3.05, 3.63) is 72.6 Å². The molecule has 1 aromatic heterocycles. The molecule has 2 aromatic carbocycles. The number of hydrogen-bond donors (Lipinski definition) is 2. The number of halogens is 5. The predicted molar refractivity (Wildman–Crippen MR) is 145 cm³/mol. The summed E-state index contributed by atoms with van der Waals surface area (Å²) in [6.07, 6.45) is -2.21. The molecule has 2 amide bonds. The number of aromatic nitrogens is 3. The van der Waals surface area contributed by atoms with Gasteiger partial charge in [-0.2, -0.15) is 13.9 Å². The van der Waals surface area contributed by atoms with Gasteiger partial charge in [0.15, 0.2) is 12.9 Å². The molecule has 15 heteroatoms. The highest BCUT2D eigenvalue weighted by Crippen LogP contribution is 2.33. The summed E-state index contributed by atoms with van der Waals surface area (Å²) in [4.78, 5) is 18.8. The summed E-state index contributed by atoms with van der Waals surface area (Å²) in [7, 11) is 0. The predicted octanol–water partition coefficient (Wildman–Crippen LogP) is 4.91. The minimum atomic E-state index is -4.33. The number of aliphatic hydroxyl groups is 1. The molecule has 0 aliphatic heterocycles. The standard InChI is InChI=1S/C28H34F5N5O5/c1-4-41-24(42-5-2)14-38(26(39)36-20-10-12-21(13-11-20)43-16-28(32,33)25(30)31)19(3)27(40,15-37-18-34-17-35-37)22-8-6-7-9-23(22)29/h6-13,17-19,24-25,40H,4-5,14-16H2,1-3H3,(H,36,39)/t19-,27-/m1/s1. The van der Waals surface area contributed by atoms with Crippen molar-refractivity contribution < 1.29 is 46.1 Å². The van der Waals surface area contributed by atoms with Gasteiger partial charge in [0.1, 0.15) is 29.8 Å². The minimum absolute atomic E-state index is 0.0951. The third-order valence-electron chi connectivity index (χ3n) is 6.54. The SMILES string of the molecule is CCOC(CN(C(=O)Nc1ccc(OCC(F)(F)C(F)F)cc1)[C@H](C)[C@](O)(Cn1cncn1)c1ccccc1F)OCC. The number of urea groups is 1. The number of carbonyl (C=O) groups is 1.